The second-order valence-electron chi connectivity index (χ2n) is 6.13. The van der Waals surface area contributed by atoms with Crippen LogP contribution in [0.5, 0.6) is 0 Å². The molecule has 2 aromatic rings. The van der Waals surface area contributed by atoms with Gasteiger partial charge in [-0.2, -0.15) is 0 Å². The van der Waals surface area contributed by atoms with Crippen molar-refractivity contribution in [3.8, 4) is 5.82 Å². The third kappa shape index (κ3) is 2.65. The molecule has 1 aliphatic heterocycles. The fourth-order valence-electron chi connectivity index (χ4n) is 3.41. The second-order valence-corrected chi connectivity index (χ2v) is 6.13. The second kappa shape index (κ2) is 5.95. The zero-order valence-electron chi connectivity index (χ0n) is 13.5. The maximum Gasteiger partial charge on any atom is 0.219 e. The Kier molecular flexibility index (Phi) is 4.01. The van der Waals surface area contributed by atoms with Crippen LogP contribution in [0.15, 0.2) is 30.5 Å². The van der Waals surface area contributed by atoms with Crippen molar-refractivity contribution in [2.45, 2.75) is 46.1 Å². The number of hydrogen-bond acceptors (Lipinski definition) is 2. The monoisotopic (exact) mass is 297 g/mol. The average Bonchev–Trinajstić information content (AvgIpc) is 2.86. The van der Waals surface area contributed by atoms with Crippen LogP contribution in [0.2, 0.25) is 0 Å². The molecule has 0 unspecified atom stereocenters. The van der Waals surface area contributed by atoms with Gasteiger partial charge in [0, 0.05) is 31.1 Å². The van der Waals surface area contributed by atoms with Gasteiger partial charge in [0.15, 0.2) is 0 Å². The van der Waals surface area contributed by atoms with E-state index in [-0.39, 0.29) is 11.9 Å². The van der Waals surface area contributed by atoms with Gasteiger partial charge in [-0.05, 0) is 56.9 Å². The van der Waals surface area contributed by atoms with Crippen LogP contribution >= 0.6 is 0 Å². The molecule has 0 saturated carbocycles. The number of nitrogens with zero attached hydrogens (tertiary/aromatic N) is 3. The molecule has 1 saturated heterocycles. The molecule has 1 fully saturated rings. The van der Waals surface area contributed by atoms with E-state index in [0.717, 1.165) is 30.8 Å². The van der Waals surface area contributed by atoms with Gasteiger partial charge >= 0.3 is 0 Å². The number of rotatable bonds is 2. The highest BCUT2D eigenvalue weighted by Crippen LogP contribution is 2.31. The normalized spacial score (nSPS) is 18.5. The van der Waals surface area contributed by atoms with Crippen molar-refractivity contribution in [1.82, 2.24) is 14.5 Å². The molecule has 2 aromatic heterocycles. The molecule has 1 aliphatic rings. The highest BCUT2D eigenvalue weighted by atomic mass is 16.2. The summed E-state index contributed by atoms with van der Waals surface area (Å²) in [4.78, 5) is 18.4. The summed E-state index contributed by atoms with van der Waals surface area (Å²) >= 11 is 0. The van der Waals surface area contributed by atoms with E-state index in [0.29, 0.717) is 0 Å². The Morgan fingerprint density at radius 1 is 1.14 bits per heavy atom. The van der Waals surface area contributed by atoms with E-state index < -0.39 is 0 Å². The Labute approximate surface area is 131 Å². The lowest BCUT2D eigenvalue weighted by Crippen LogP contribution is -2.37. The van der Waals surface area contributed by atoms with E-state index in [1.165, 1.54) is 17.8 Å². The molecule has 0 aromatic carbocycles. The minimum absolute atomic E-state index is 0.158. The van der Waals surface area contributed by atoms with E-state index in [1.807, 2.05) is 11.1 Å². The maximum absolute atomic E-state index is 11.8. The van der Waals surface area contributed by atoms with Gasteiger partial charge in [0.2, 0.25) is 5.91 Å². The Morgan fingerprint density at radius 3 is 2.45 bits per heavy atom. The van der Waals surface area contributed by atoms with Gasteiger partial charge in [-0.15, -0.1) is 0 Å². The van der Waals surface area contributed by atoms with E-state index in [1.54, 1.807) is 6.92 Å². The topological polar surface area (TPSA) is 38.1 Å². The van der Waals surface area contributed by atoms with Gasteiger partial charge in [-0.1, -0.05) is 6.07 Å². The third-order valence-corrected chi connectivity index (χ3v) is 4.56. The lowest BCUT2D eigenvalue weighted by Gasteiger charge is -2.35. The Balaban J connectivity index is 1.89. The van der Waals surface area contributed by atoms with Crippen molar-refractivity contribution in [3.63, 3.8) is 0 Å². The lowest BCUT2D eigenvalue weighted by molar-refractivity contribution is -0.132. The summed E-state index contributed by atoms with van der Waals surface area (Å²) < 4.78 is 2.15. The van der Waals surface area contributed by atoms with Crippen molar-refractivity contribution >= 4 is 5.91 Å². The average molecular weight is 297 g/mol. The molecule has 3 rings (SSSR count). The summed E-state index contributed by atoms with van der Waals surface area (Å²) in [5.74, 6) is 1.10. The van der Waals surface area contributed by atoms with Gasteiger partial charge in [0.25, 0.3) is 0 Å². The standard InChI is InChI=1S/C18H23N3O/c1-13-7-8-14(2)21(13)18-10-9-16(12-19-18)17-6-4-5-11-20(17)15(3)22/h7-10,12,17H,4-6,11H2,1-3H3/t17-/m1/s1. The fraction of sp³-hybridized carbons (Fsp3) is 0.444. The van der Waals surface area contributed by atoms with Crippen molar-refractivity contribution < 1.29 is 4.79 Å². The molecule has 0 N–H and O–H groups in total. The van der Waals surface area contributed by atoms with Crippen molar-refractivity contribution in [3.05, 3.63) is 47.4 Å². The van der Waals surface area contributed by atoms with Gasteiger partial charge in [-0.3, -0.25) is 4.79 Å². The Morgan fingerprint density at radius 2 is 1.86 bits per heavy atom. The van der Waals surface area contributed by atoms with Crippen LogP contribution < -0.4 is 0 Å². The van der Waals surface area contributed by atoms with E-state index in [4.69, 9.17) is 0 Å². The van der Waals surface area contributed by atoms with Gasteiger partial charge < -0.3 is 9.47 Å². The molecule has 4 heteroatoms. The lowest BCUT2D eigenvalue weighted by atomic mass is 9.96. The minimum Gasteiger partial charge on any atom is -0.336 e. The van der Waals surface area contributed by atoms with Crippen molar-refractivity contribution in [2.75, 3.05) is 6.54 Å². The summed E-state index contributed by atoms with van der Waals surface area (Å²) in [6, 6.07) is 8.56. The number of carbonyl (C=O) groups is 1. The van der Waals surface area contributed by atoms with E-state index >= 15 is 0 Å². The summed E-state index contributed by atoms with van der Waals surface area (Å²) in [5, 5.41) is 0. The zero-order chi connectivity index (χ0) is 15.7. The van der Waals surface area contributed by atoms with Crippen LogP contribution in [0.25, 0.3) is 5.82 Å². The number of pyridine rings is 1. The quantitative estimate of drug-likeness (QED) is 0.850. The summed E-state index contributed by atoms with van der Waals surface area (Å²) in [7, 11) is 0. The van der Waals surface area contributed by atoms with Crippen LogP contribution in [0, 0.1) is 13.8 Å². The molecule has 22 heavy (non-hydrogen) atoms. The van der Waals surface area contributed by atoms with E-state index in [9.17, 15) is 4.79 Å². The first-order valence-electron chi connectivity index (χ1n) is 7.96. The van der Waals surface area contributed by atoms with E-state index in [2.05, 4.69) is 47.7 Å². The van der Waals surface area contributed by atoms with Crippen LogP contribution in [0.4, 0.5) is 0 Å². The summed E-state index contributed by atoms with van der Waals surface area (Å²) in [6.07, 6.45) is 5.23. The van der Waals surface area contributed by atoms with Crippen LogP contribution in [-0.4, -0.2) is 26.9 Å². The van der Waals surface area contributed by atoms with Crippen molar-refractivity contribution in [2.24, 2.45) is 0 Å². The molecular formula is C18H23N3O. The molecular weight excluding hydrogens is 274 g/mol. The fourth-order valence-corrected chi connectivity index (χ4v) is 3.41. The first kappa shape index (κ1) is 14.8. The molecule has 1 amide bonds. The number of amides is 1. The third-order valence-electron chi connectivity index (χ3n) is 4.56. The summed E-state index contributed by atoms with van der Waals surface area (Å²) in [6.45, 7) is 6.69. The van der Waals surface area contributed by atoms with Crippen LogP contribution in [0.1, 0.15) is 49.2 Å². The Bertz CT molecular complexity index is 653. The number of likely N-dealkylation sites (tertiary alicyclic amines) is 1. The molecule has 1 atom stereocenters. The molecule has 0 radical (unpaired) electrons. The minimum atomic E-state index is 0.158. The zero-order valence-corrected chi connectivity index (χ0v) is 13.5. The van der Waals surface area contributed by atoms with Gasteiger partial charge in [0.1, 0.15) is 5.82 Å². The molecule has 0 aliphatic carbocycles. The van der Waals surface area contributed by atoms with Gasteiger partial charge in [-0.25, -0.2) is 4.98 Å². The predicted molar refractivity (Wildman–Crippen MR) is 87.0 cm³/mol. The summed E-state index contributed by atoms with van der Waals surface area (Å²) in [5.41, 5.74) is 3.50. The number of hydrogen-bond donors (Lipinski definition) is 0. The molecule has 0 bridgehead atoms. The predicted octanol–water partition coefficient (Wildman–Crippen LogP) is 3.56. The maximum atomic E-state index is 11.8. The molecule has 3 heterocycles. The first-order valence-corrected chi connectivity index (χ1v) is 7.96. The van der Waals surface area contributed by atoms with Crippen LogP contribution in [-0.2, 0) is 4.79 Å². The van der Waals surface area contributed by atoms with Crippen molar-refractivity contribution in [1.29, 1.82) is 0 Å². The SMILES string of the molecule is CC(=O)N1CCCC[C@@H]1c1ccc(-n2c(C)ccc2C)nc1. The number of piperidine rings is 1. The van der Waals surface area contributed by atoms with Gasteiger partial charge in [0.05, 0.1) is 6.04 Å². The smallest absolute Gasteiger partial charge is 0.219 e. The molecule has 0 spiro atoms. The molecule has 116 valence electrons. The largest absolute Gasteiger partial charge is 0.336 e. The number of aromatic nitrogens is 2. The van der Waals surface area contributed by atoms with Crippen LogP contribution in [0.3, 0.4) is 0 Å². The number of carbonyl (C=O) groups excluding carboxylic acids is 1. The molecule has 4 nitrogen and oxygen atoms in total. The Hall–Kier alpha value is -2.10. The highest BCUT2D eigenvalue weighted by Gasteiger charge is 2.26. The highest BCUT2D eigenvalue weighted by molar-refractivity contribution is 5.74. The first-order chi connectivity index (χ1) is 10.6. The number of aryl methyl sites for hydroxylation is 2.